The van der Waals surface area contributed by atoms with Crippen molar-refractivity contribution in [3.05, 3.63) is 57.8 Å². The number of thioether (sulfide) groups is 1. The number of nitrogens with zero attached hydrogens (tertiary/aromatic N) is 3. The zero-order valence-electron chi connectivity index (χ0n) is 21.2. The molecule has 1 atom stereocenters. The van der Waals surface area contributed by atoms with Crippen molar-refractivity contribution in [2.45, 2.75) is 65.5 Å². The number of nitrogens with one attached hydrogen (secondary N) is 1. The van der Waals surface area contributed by atoms with Gasteiger partial charge in [0, 0.05) is 18.8 Å². The molecular weight excluding hydrogens is 460 g/mol. The standard InChI is InChI=1S/C27H36N4O3S/c1-18(2)34-26(33)24-20(4)29-27-31(25(24)21-10-8-19(3)9-11-21)22(17-35-27)16-23(32)28-12-15-30-13-6-5-7-14-30/h8-11,17-18,25H,5-7,12-16H2,1-4H3,(H,28,32). The van der Waals surface area contributed by atoms with Gasteiger partial charge in [0.2, 0.25) is 5.91 Å². The Balaban J connectivity index is 1.52. The van der Waals surface area contributed by atoms with E-state index in [1.807, 2.05) is 62.3 Å². The first-order valence-corrected chi connectivity index (χ1v) is 13.4. The predicted molar refractivity (Wildman–Crippen MR) is 141 cm³/mol. The fourth-order valence-electron chi connectivity index (χ4n) is 4.74. The maximum atomic E-state index is 13.2. The molecule has 7 nitrogen and oxygen atoms in total. The molecule has 0 bridgehead atoms. The molecule has 0 saturated carbocycles. The third kappa shape index (κ3) is 6.16. The second-order valence-electron chi connectivity index (χ2n) is 9.69. The van der Waals surface area contributed by atoms with E-state index >= 15 is 0 Å². The summed E-state index contributed by atoms with van der Waals surface area (Å²) in [7, 11) is 0. The summed E-state index contributed by atoms with van der Waals surface area (Å²) in [6.07, 6.45) is 3.78. The van der Waals surface area contributed by atoms with Gasteiger partial charge in [-0.25, -0.2) is 9.79 Å². The highest BCUT2D eigenvalue weighted by Crippen LogP contribution is 2.44. The lowest BCUT2D eigenvalue weighted by molar-refractivity contribution is -0.143. The van der Waals surface area contributed by atoms with Crippen molar-refractivity contribution in [1.82, 2.24) is 15.1 Å². The fraction of sp³-hybridized carbons (Fsp3) is 0.519. The second kappa shape index (κ2) is 11.4. The maximum absolute atomic E-state index is 13.2. The molecule has 4 rings (SSSR count). The zero-order valence-corrected chi connectivity index (χ0v) is 22.0. The first-order valence-electron chi connectivity index (χ1n) is 12.5. The molecule has 1 fully saturated rings. The molecule has 0 aliphatic carbocycles. The summed E-state index contributed by atoms with van der Waals surface area (Å²) in [5.41, 5.74) is 4.13. The molecule has 0 aromatic heterocycles. The Bertz CT molecular complexity index is 1040. The van der Waals surface area contributed by atoms with Crippen LogP contribution in [0.4, 0.5) is 0 Å². The van der Waals surface area contributed by atoms with Crippen LogP contribution in [0.2, 0.25) is 0 Å². The number of amides is 1. The van der Waals surface area contributed by atoms with Gasteiger partial charge in [0.15, 0.2) is 5.17 Å². The van der Waals surface area contributed by atoms with Crippen LogP contribution in [0.5, 0.6) is 0 Å². The molecule has 1 amide bonds. The quantitative estimate of drug-likeness (QED) is 0.534. The Hall–Kier alpha value is -2.58. The Labute approximate surface area is 212 Å². The lowest BCUT2D eigenvalue weighted by Gasteiger charge is -2.36. The van der Waals surface area contributed by atoms with Gasteiger partial charge in [-0.15, -0.1) is 0 Å². The zero-order chi connectivity index (χ0) is 24.9. The van der Waals surface area contributed by atoms with Gasteiger partial charge in [-0.1, -0.05) is 48.0 Å². The summed E-state index contributed by atoms with van der Waals surface area (Å²) in [4.78, 5) is 35.2. The number of hydrogen-bond donors (Lipinski definition) is 1. The summed E-state index contributed by atoms with van der Waals surface area (Å²) < 4.78 is 5.61. The van der Waals surface area contributed by atoms with E-state index in [0.29, 0.717) is 17.8 Å². The number of aryl methyl sites for hydroxylation is 1. The molecule has 0 spiro atoms. The van der Waals surface area contributed by atoms with Crippen molar-refractivity contribution < 1.29 is 14.3 Å². The van der Waals surface area contributed by atoms with Gasteiger partial charge < -0.3 is 19.9 Å². The number of fused-ring (bicyclic) bond motifs is 1. The molecule has 188 valence electrons. The fourth-order valence-corrected chi connectivity index (χ4v) is 5.70. The molecule has 3 aliphatic heterocycles. The molecule has 0 radical (unpaired) electrons. The van der Waals surface area contributed by atoms with E-state index in [4.69, 9.17) is 9.73 Å². The number of allylic oxidation sites excluding steroid dienone is 1. The Morgan fingerprint density at radius 3 is 2.54 bits per heavy atom. The minimum atomic E-state index is -0.392. The first kappa shape index (κ1) is 25.5. The van der Waals surface area contributed by atoms with E-state index in [1.54, 1.807) is 0 Å². The molecule has 35 heavy (non-hydrogen) atoms. The van der Waals surface area contributed by atoms with E-state index in [-0.39, 0.29) is 24.4 Å². The molecule has 8 heteroatoms. The van der Waals surface area contributed by atoms with E-state index in [1.165, 1.54) is 31.0 Å². The molecule has 1 saturated heterocycles. The van der Waals surface area contributed by atoms with Crippen LogP contribution in [0.1, 0.15) is 63.6 Å². The normalized spacial score (nSPS) is 20.5. The van der Waals surface area contributed by atoms with E-state index in [2.05, 4.69) is 10.2 Å². The van der Waals surface area contributed by atoms with E-state index < -0.39 is 6.04 Å². The highest BCUT2D eigenvalue weighted by Gasteiger charge is 2.41. The molecule has 3 heterocycles. The number of likely N-dealkylation sites (tertiary alicyclic amines) is 1. The Morgan fingerprint density at radius 1 is 1.14 bits per heavy atom. The van der Waals surface area contributed by atoms with Crippen molar-refractivity contribution in [2.24, 2.45) is 4.99 Å². The second-order valence-corrected chi connectivity index (χ2v) is 10.5. The van der Waals surface area contributed by atoms with Crippen molar-refractivity contribution in [2.75, 3.05) is 26.2 Å². The highest BCUT2D eigenvalue weighted by molar-refractivity contribution is 8.16. The van der Waals surface area contributed by atoms with Crippen molar-refractivity contribution in [1.29, 1.82) is 0 Å². The molecule has 1 N–H and O–H groups in total. The van der Waals surface area contributed by atoms with Crippen molar-refractivity contribution in [3.63, 3.8) is 0 Å². The van der Waals surface area contributed by atoms with Crippen LogP contribution in [0.3, 0.4) is 0 Å². The smallest absolute Gasteiger partial charge is 0.338 e. The van der Waals surface area contributed by atoms with Crippen LogP contribution in [0.15, 0.2) is 51.6 Å². The SMILES string of the molecule is CC1=C(C(=O)OC(C)C)C(c2ccc(C)cc2)N2C(CC(=O)NCCN3CCCCC3)=CSC2=N1. The molecule has 1 unspecified atom stereocenters. The van der Waals surface area contributed by atoms with E-state index in [9.17, 15) is 9.59 Å². The van der Waals surface area contributed by atoms with Crippen LogP contribution < -0.4 is 5.32 Å². The van der Waals surface area contributed by atoms with Crippen LogP contribution in [0.25, 0.3) is 0 Å². The summed E-state index contributed by atoms with van der Waals surface area (Å²) in [6, 6.07) is 7.77. The van der Waals surface area contributed by atoms with Crippen LogP contribution in [-0.4, -0.2) is 59.1 Å². The Morgan fingerprint density at radius 2 is 1.86 bits per heavy atom. The number of ether oxygens (including phenoxy) is 1. The first-order chi connectivity index (χ1) is 16.8. The van der Waals surface area contributed by atoms with Crippen LogP contribution >= 0.6 is 11.8 Å². The van der Waals surface area contributed by atoms with Gasteiger partial charge in [-0.2, -0.15) is 0 Å². The number of rotatable bonds is 8. The summed E-state index contributed by atoms with van der Waals surface area (Å²) >= 11 is 1.50. The van der Waals surface area contributed by atoms with Gasteiger partial charge in [-0.3, -0.25) is 4.79 Å². The van der Waals surface area contributed by atoms with Gasteiger partial charge in [-0.05, 0) is 64.6 Å². The summed E-state index contributed by atoms with van der Waals surface area (Å²) in [5.74, 6) is -0.386. The van der Waals surface area contributed by atoms with Crippen LogP contribution in [0, 0.1) is 6.92 Å². The number of carbonyl (C=O) groups is 2. The number of aliphatic imine (C=N–C) groups is 1. The lowest BCUT2D eigenvalue weighted by Crippen LogP contribution is -2.40. The van der Waals surface area contributed by atoms with E-state index in [0.717, 1.165) is 41.6 Å². The third-order valence-electron chi connectivity index (χ3n) is 6.50. The molecule has 3 aliphatic rings. The highest BCUT2D eigenvalue weighted by atomic mass is 32.2. The predicted octanol–water partition coefficient (Wildman–Crippen LogP) is 4.51. The largest absolute Gasteiger partial charge is 0.459 e. The monoisotopic (exact) mass is 496 g/mol. The number of benzene rings is 1. The van der Waals surface area contributed by atoms with Gasteiger partial charge in [0.05, 0.1) is 29.8 Å². The average Bonchev–Trinajstić information content (AvgIpc) is 3.20. The average molecular weight is 497 g/mol. The minimum absolute atomic E-state index is 0.0182. The molecule has 1 aromatic rings. The summed E-state index contributed by atoms with van der Waals surface area (Å²) in [5, 5.41) is 5.85. The minimum Gasteiger partial charge on any atom is -0.459 e. The maximum Gasteiger partial charge on any atom is 0.338 e. The number of esters is 1. The number of piperidine rings is 1. The summed E-state index contributed by atoms with van der Waals surface area (Å²) in [6.45, 7) is 11.3. The van der Waals surface area contributed by atoms with Gasteiger partial charge in [0.25, 0.3) is 0 Å². The number of amidine groups is 1. The lowest BCUT2D eigenvalue weighted by atomic mass is 9.93. The topological polar surface area (TPSA) is 74.2 Å². The van der Waals surface area contributed by atoms with Crippen molar-refractivity contribution >= 4 is 28.8 Å². The van der Waals surface area contributed by atoms with Crippen LogP contribution in [-0.2, 0) is 14.3 Å². The Kier molecular flexibility index (Phi) is 8.34. The third-order valence-corrected chi connectivity index (χ3v) is 7.39. The van der Waals surface area contributed by atoms with Gasteiger partial charge >= 0.3 is 5.97 Å². The van der Waals surface area contributed by atoms with Gasteiger partial charge in [0.1, 0.15) is 0 Å². The van der Waals surface area contributed by atoms with Crippen molar-refractivity contribution in [3.8, 4) is 0 Å². The molecular formula is C27H36N4O3S. The molecule has 1 aromatic carbocycles. The number of hydrogen-bond acceptors (Lipinski definition) is 7. The number of carbonyl (C=O) groups excluding carboxylic acids is 2.